The van der Waals surface area contributed by atoms with Gasteiger partial charge >= 0.3 is 0 Å². The minimum absolute atomic E-state index is 0. The standard InChI is InChI=1S/C46H83N2.2BrH/c1-3-5-7-9-11-13-15-17-19-21-23-25-27-29-31-33-41-48(43-37-46(38-44-48)45-35-39-47-40-36-45)42-34-32-30-28-26-24-22-20-18-16-14-12-10-8-6-4-2;;/h35-40,43H,3-34,41-42,44H2,1-2H3;2*1H/q+1;;/p-1. The fourth-order valence-electron chi connectivity index (χ4n) is 7.80. The van der Waals surface area contributed by atoms with Gasteiger partial charge in [-0.15, -0.1) is 17.0 Å². The van der Waals surface area contributed by atoms with Gasteiger partial charge in [-0.2, -0.15) is 0 Å². The largest absolute Gasteiger partial charge is 1.00 e. The van der Waals surface area contributed by atoms with Crippen molar-refractivity contribution >= 4 is 22.6 Å². The summed E-state index contributed by atoms with van der Waals surface area (Å²) in [6, 6.07) is 4.31. The van der Waals surface area contributed by atoms with Crippen molar-refractivity contribution < 1.29 is 21.5 Å². The molecule has 0 fully saturated rings. The zero-order chi connectivity index (χ0) is 34.1. The van der Waals surface area contributed by atoms with Gasteiger partial charge in [0.05, 0.1) is 19.3 Å². The van der Waals surface area contributed by atoms with Crippen LogP contribution in [0.2, 0.25) is 0 Å². The van der Waals surface area contributed by atoms with E-state index in [1.165, 1.54) is 234 Å². The molecule has 0 aromatic carbocycles. The topological polar surface area (TPSA) is 12.9 Å². The molecule has 0 radical (unpaired) electrons. The van der Waals surface area contributed by atoms with E-state index in [4.69, 9.17) is 0 Å². The summed E-state index contributed by atoms with van der Waals surface area (Å²) in [5.41, 5.74) is 2.69. The molecule has 1 aliphatic heterocycles. The summed E-state index contributed by atoms with van der Waals surface area (Å²) in [6.07, 6.45) is 57.5. The normalized spacial score (nSPS) is 13.5. The molecule has 0 N–H and O–H groups in total. The first-order chi connectivity index (χ1) is 23.8. The molecule has 0 unspecified atom stereocenters. The maximum absolute atomic E-state index is 4.23. The van der Waals surface area contributed by atoms with Crippen LogP contribution in [-0.4, -0.2) is 29.1 Å². The van der Waals surface area contributed by atoms with Gasteiger partial charge in [0, 0.05) is 12.4 Å². The fraction of sp³-hybridized carbons (Fsp3) is 0.804. The van der Waals surface area contributed by atoms with Gasteiger partial charge in [0.1, 0.15) is 6.54 Å². The Bertz CT molecular complexity index is 847. The van der Waals surface area contributed by atoms with E-state index in [2.05, 4.69) is 49.3 Å². The average molecular weight is 825 g/mol. The number of halogens is 2. The number of nitrogens with zero attached hydrogens (tertiary/aromatic N) is 2. The van der Waals surface area contributed by atoms with Crippen LogP contribution in [0.5, 0.6) is 0 Å². The number of aromatic nitrogens is 1. The predicted molar refractivity (Wildman–Crippen MR) is 226 cm³/mol. The van der Waals surface area contributed by atoms with Crippen molar-refractivity contribution in [1.29, 1.82) is 0 Å². The molecule has 2 heterocycles. The fourth-order valence-corrected chi connectivity index (χ4v) is 7.80. The molecule has 0 amide bonds. The van der Waals surface area contributed by atoms with Gasteiger partial charge in [0.2, 0.25) is 0 Å². The first-order valence-corrected chi connectivity index (χ1v) is 22.0. The predicted octanol–water partition coefficient (Wildman–Crippen LogP) is 12.9. The van der Waals surface area contributed by atoms with Gasteiger partial charge in [0.25, 0.3) is 0 Å². The summed E-state index contributed by atoms with van der Waals surface area (Å²) in [5, 5.41) is 0. The number of allylic oxidation sites excluding steroid dienone is 2. The molecular weight excluding hydrogens is 740 g/mol. The Labute approximate surface area is 334 Å². The Morgan fingerprint density at radius 3 is 1.04 bits per heavy atom. The zero-order valence-corrected chi connectivity index (χ0v) is 36.8. The molecule has 0 spiro atoms. The van der Waals surface area contributed by atoms with Crippen LogP contribution in [0.25, 0.3) is 5.57 Å². The van der Waals surface area contributed by atoms with E-state index in [0.29, 0.717) is 0 Å². The lowest BCUT2D eigenvalue weighted by Gasteiger charge is -2.36. The molecule has 0 aliphatic carbocycles. The smallest absolute Gasteiger partial charge is 0.102 e. The second-order valence-corrected chi connectivity index (χ2v) is 15.7. The van der Waals surface area contributed by atoms with E-state index in [-0.39, 0.29) is 34.0 Å². The summed E-state index contributed by atoms with van der Waals surface area (Å²) in [4.78, 5) is 4.23. The molecule has 0 bridgehead atoms. The van der Waals surface area contributed by atoms with E-state index in [1.807, 2.05) is 12.4 Å². The second kappa shape index (κ2) is 36.9. The van der Waals surface area contributed by atoms with Crippen LogP contribution in [-0.2, 0) is 0 Å². The lowest BCUT2D eigenvalue weighted by molar-refractivity contribution is -0.874. The minimum Gasteiger partial charge on any atom is -1.00 e. The molecule has 0 saturated carbocycles. The number of unbranched alkanes of at least 4 members (excludes halogenated alkanes) is 30. The molecule has 292 valence electrons. The quantitative estimate of drug-likeness (QED) is 0.0491. The number of hydrogen-bond donors (Lipinski definition) is 0. The molecule has 0 atom stereocenters. The maximum Gasteiger partial charge on any atom is 0.102 e. The summed E-state index contributed by atoms with van der Waals surface area (Å²) in [6.45, 7) is 8.40. The number of quaternary nitrogens is 1. The van der Waals surface area contributed by atoms with Crippen LogP contribution in [0.15, 0.2) is 42.9 Å². The molecule has 1 aromatic heterocycles. The van der Waals surface area contributed by atoms with Crippen LogP contribution in [0, 0.1) is 0 Å². The van der Waals surface area contributed by atoms with Crippen molar-refractivity contribution in [3.05, 3.63) is 48.4 Å². The minimum atomic E-state index is 0. The van der Waals surface area contributed by atoms with Crippen molar-refractivity contribution in [1.82, 2.24) is 4.98 Å². The van der Waals surface area contributed by atoms with Crippen molar-refractivity contribution in [2.24, 2.45) is 0 Å². The molecule has 2 nitrogen and oxygen atoms in total. The van der Waals surface area contributed by atoms with Crippen LogP contribution < -0.4 is 17.0 Å². The number of hydrogen-bond acceptors (Lipinski definition) is 1. The molecule has 4 heteroatoms. The maximum atomic E-state index is 4.23. The third kappa shape index (κ3) is 27.2. The van der Waals surface area contributed by atoms with E-state index >= 15 is 0 Å². The first kappa shape index (κ1) is 49.6. The van der Waals surface area contributed by atoms with E-state index in [0.717, 1.165) is 6.54 Å². The lowest BCUT2D eigenvalue weighted by atomic mass is 10.0. The highest BCUT2D eigenvalue weighted by Crippen LogP contribution is 2.26. The Hall–Kier alpha value is -0.450. The van der Waals surface area contributed by atoms with Gasteiger partial charge in [-0.3, -0.25) is 9.47 Å². The van der Waals surface area contributed by atoms with Crippen LogP contribution >= 0.6 is 17.0 Å². The van der Waals surface area contributed by atoms with E-state index < -0.39 is 0 Å². The molecule has 2 rings (SSSR count). The van der Waals surface area contributed by atoms with Gasteiger partial charge in [-0.25, -0.2) is 0 Å². The van der Waals surface area contributed by atoms with Gasteiger partial charge in [0.15, 0.2) is 0 Å². The van der Waals surface area contributed by atoms with Crippen molar-refractivity contribution in [2.45, 2.75) is 219 Å². The van der Waals surface area contributed by atoms with Crippen LogP contribution in [0.1, 0.15) is 225 Å². The monoisotopic (exact) mass is 823 g/mol. The molecule has 1 aliphatic rings. The summed E-state index contributed by atoms with van der Waals surface area (Å²) in [7, 11) is 0. The molecule has 1 aromatic rings. The molecule has 0 saturated heterocycles. The summed E-state index contributed by atoms with van der Waals surface area (Å²) >= 11 is 0. The highest BCUT2D eigenvalue weighted by molar-refractivity contribution is 8.93. The van der Waals surface area contributed by atoms with Crippen molar-refractivity contribution in [3.63, 3.8) is 0 Å². The Morgan fingerprint density at radius 2 is 0.760 bits per heavy atom. The Balaban J connectivity index is 0.0000120. The third-order valence-electron chi connectivity index (χ3n) is 11.2. The first-order valence-electron chi connectivity index (χ1n) is 22.0. The number of rotatable bonds is 35. The van der Waals surface area contributed by atoms with Crippen molar-refractivity contribution in [2.75, 3.05) is 19.6 Å². The Kier molecular flexibility index (Phi) is 36.6. The summed E-state index contributed by atoms with van der Waals surface area (Å²) in [5.74, 6) is 0. The zero-order valence-electron chi connectivity index (χ0n) is 33.5. The Morgan fingerprint density at radius 1 is 0.460 bits per heavy atom. The van der Waals surface area contributed by atoms with Crippen LogP contribution in [0.4, 0.5) is 0 Å². The average Bonchev–Trinajstić information content (AvgIpc) is 3.12. The molecular formula is C46H84Br2N2. The van der Waals surface area contributed by atoms with Crippen LogP contribution in [0.3, 0.4) is 0 Å². The van der Waals surface area contributed by atoms with Gasteiger partial charge < -0.3 is 17.0 Å². The van der Waals surface area contributed by atoms with E-state index in [1.54, 1.807) is 0 Å². The summed E-state index contributed by atoms with van der Waals surface area (Å²) < 4.78 is 1.17. The molecule has 50 heavy (non-hydrogen) atoms. The second-order valence-electron chi connectivity index (χ2n) is 15.7. The highest BCUT2D eigenvalue weighted by Gasteiger charge is 2.26. The number of pyridine rings is 1. The highest BCUT2D eigenvalue weighted by atomic mass is 79.9. The SMILES string of the molecule is Br.CCCCCCCCCCCCCCCCCC[N+]1(CCCCCCCCCCCCCCCCCC)C=CC(c2ccncc2)=CC1.[Br-]. The van der Waals surface area contributed by atoms with Gasteiger partial charge in [-0.05, 0) is 61.1 Å². The lowest BCUT2D eigenvalue weighted by Crippen LogP contribution is -3.00. The third-order valence-corrected chi connectivity index (χ3v) is 11.2. The van der Waals surface area contributed by atoms with Gasteiger partial charge in [-0.1, -0.05) is 194 Å². The van der Waals surface area contributed by atoms with Crippen molar-refractivity contribution in [3.8, 4) is 0 Å². The van der Waals surface area contributed by atoms with E-state index in [9.17, 15) is 0 Å².